The monoisotopic (exact) mass is 312 g/mol. The fraction of sp³-hybridized carbons (Fsp3) is 0.625. The van der Waals surface area contributed by atoms with E-state index in [0.29, 0.717) is 19.0 Å². The van der Waals surface area contributed by atoms with E-state index in [1.54, 1.807) is 0 Å². The highest BCUT2D eigenvalue weighted by Crippen LogP contribution is 2.20. The molecule has 0 atom stereocenters. The molecule has 21 heavy (non-hydrogen) atoms. The Hall–Kier alpha value is -1.07. The van der Waals surface area contributed by atoms with Gasteiger partial charge < -0.3 is 5.32 Å². The molecule has 0 saturated heterocycles. The van der Waals surface area contributed by atoms with Gasteiger partial charge in [-0.15, -0.1) is 0 Å². The molecule has 0 radical (unpaired) electrons. The van der Waals surface area contributed by atoms with Crippen molar-refractivity contribution in [2.45, 2.75) is 46.6 Å². The summed E-state index contributed by atoms with van der Waals surface area (Å²) < 4.78 is 26.5. The maximum absolute atomic E-state index is 12.5. The van der Waals surface area contributed by atoms with Crippen LogP contribution in [0.2, 0.25) is 0 Å². The summed E-state index contributed by atoms with van der Waals surface area (Å²) in [6.07, 6.45) is 1.56. The maximum Gasteiger partial charge on any atom is 0.235 e. The second kappa shape index (κ2) is 8.39. The summed E-state index contributed by atoms with van der Waals surface area (Å²) in [6.45, 7) is 9.36. The third-order valence-corrected chi connectivity index (χ3v) is 5.24. The van der Waals surface area contributed by atoms with Gasteiger partial charge in [-0.3, -0.25) is 4.31 Å². The molecule has 1 aromatic carbocycles. The average Bonchev–Trinajstić information content (AvgIpc) is 2.38. The van der Waals surface area contributed by atoms with Gasteiger partial charge in [-0.2, -0.15) is 0 Å². The van der Waals surface area contributed by atoms with Crippen molar-refractivity contribution in [3.63, 3.8) is 0 Å². The number of sulfonamides is 1. The number of anilines is 1. The smallest absolute Gasteiger partial charge is 0.235 e. The molecule has 0 aliphatic heterocycles. The second-order valence-corrected chi connectivity index (χ2v) is 7.65. The zero-order chi connectivity index (χ0) is 15.9. The van der Waals surface area contributed by atoms with Crippen LogP contribution in [0.15, 0.2) is 24.3 Å². The Morgan fingerprint density at radius 2 is 1.95 bits per heavy atom. The quantitative estimate of drug-likeness (QED) is 0.713. The summed E-state index contributed by atoms with van der Waals surface area (Å²) in [5.41, 5.74) is 1.83. The van der Waals surface area contributed by atoms with Crippen LogP contribution >= 0.6 is 0 Å². The zero-order valence-electron chi connectivity index (χ0n) is 13.6. The third kappa shape index (κ3) is 6.06. The van der Waals surface area contributed by atoms with Gasteiger partial charge in [-0.05, 0) is 50.9 Å². The van der Waals surface area contributed by atoms with E-state index in [-0.39, 0.29) is 5.75 Å². The van der Waals surface area contributed by atoms with Gasteiger partial charge in [-0.25, -0.2) is 8.42 Å². The van der Waals surface area contributed by atoms with Crippen LogP contribution in [0.1, 0.15) is 39.2 Å². The predicted molar refractivity (Wildman–Crippen MR) is 90.4 cm³/mol. The lowest BCUT2D eigenvalue weighted by atomic mass is 10.2. The van der Waals surface area contributed by atoms with Crippen molar-refractivity contribution in [1.82, 2.24) is 5.32 Å². The number of rotatable bonds is 9. The Morgan fingerprint density at radius 3 is 2.52 bits per heavy atom. The van der Waals surface area contributed by atoms with Gasteiger partial charge in [0.25, 0.3) is 0 Å². The third-order valence-electron chi connectivity index (χ3n) is 3.29. The first kappa shape index (κ1) is 18.0. The molecular formula is C16H28N2O2S. The fourth-order valence-corrected chi connectivity index (χ4v) is 3.85. The molecule has 0 fully saturated rings. The Balaban J connectivity index is 2.62. The number of benzene rings is 1. The molecular weight excluding hydrogens is 284 g/mol. The number of aryl methyl sites for hydroxylation is 1. The van der Waals surface area contributed by atoms with Crippen molar-refractivity contribution in [2.75, 3.05) is 23.1 Å². The lowest BCUT2D eigenvalue weighted by molar-refractivity contribution is 0.558. The Morgan fingerprint density at radius 1 is 1.24 bits per heavy atom. The Labute approximate surface area is 129 Å². The van der Waals surface area contributed by atoms with Gasteiger partial charge in [0.05, 0.1) is 11.4 Å². The van der Waals surface area contributed by atoms with Gasteiger partial charge >= 0.3 is 0 Å². The van der Waals surface area contributed by atoms with Crippen molar-refractivity contribution >= 4 is 15.7 Å². The molecule has 0 aromatic heterocycles. The molecule has 0 unspecified atom stereocenters. The van der Waals surface area contributed by atoms with Crippen molar-refractivity contribution in [3.8, 4) is 0 Å². The summed E-state index contributed by atoms with van der Waals surface area (Å²) in [5.74, 6) is 0.203. The van der Waals surface area contributed by atoms with E-state index in [1.165, 1.54) is 4.31 Å². The number of hydrogen-bond donors (Lipinski definition) is 1. The molecule has 4 nitrogen and oxygen atoms in total. The van der Waals surface area contributed by atoms with E-state index in [9.17, 15) is 8.42 Å². The minimum atomic E-state index is -3.24. The minimum Gasteiger partial charge on any atom is -0.315 e. The van der Waals surface area contributed by atoms with Crippen LogP contribution in [0.25, 0.3) is 0 Å². The number of nitrogens with zero attached hydrogens (tertiary/aromatic N) is 1. The van der Waals surface area contributed by atoms with Crippen LogP contribution in [-0.4, -0.2) is 33.3 Å². The minimum absolute atomic E-state index is 0.203. The lowest BCUT2D eigenvalue weighted by Crippen LogP contribution is -2.33. The zero-order valence-corrected chi connectivity index (χ0v) is 14.4. The van der Waals surface area contributed by atoms with Crippen molar-refractivity contribution < 1.29 is 8.42 Å². The van der Waals surface area contributed by atoms with Crippen molar-refractivity contribution in [3.05, 3.63) is 29.8 Å². The first-order valence-electron chi connectivity index (χ1n) is 7.67. The summed E-state index contributed by atoms with van der Waals surface area (Å²) in [4.78, 5) is 0. The number of unbranched alkanes of at least 4 members (excludes halogenated alkanes) is 1. The molecule has 1 rings (SSSR count). The van der Waals surface area contributed by atoms with Gasteiger partial charge in [0, 0.05) is 12.6 Å². The normalized spacial score (nSPS) is 11.9. The lowest BCUT2D eigenvalue weighted by Gasteiger charge is -2.23. The van der Waals surface area contributed by atoms with Gasteiger partial charge in [0.2, 0.25) is 10.0 Å². The predicted octanol–water partition coefficient (Wildman–Crippen LogP) is 2.93. The largest absolute Gasteiger partial charge is 0.315 e. The Bertz CT molecular complexity index is 527. The molecule has 1 aromatic rings. The fourth-order valence-electron chi connectivity index (χ4n) is 2.23. The molecule has 0 heterocycles. The number of hydrogen-bond acceptors (Lipinski definition) is 3. The van der Waals surface area contributed by atoms with Gasteiger partial charge in [-0.1, -0.05) is 26.0 Å². The first-order valence-corrected chi connectivity index (χ1v) is 9.28. The highest BCUT2D eigenvalue weighted by atomic mass is 32.2. The van der Waals surface area contributed by atoms with Crippen LogP contribution in [0.3, 0.4) is 0 Å². The summed E-state index contributed by atoms with van der Waals surface area (Å²) in [7, 11) is -3.24. The van der Waals surface area contributed by atoms with E-state index in [2.05, 4.69) is 19.2 Å². The van der Waals surface area contributed by atoms with E-state index >= 15 is 0 Å². The summed E-state index contributed by atoms with van der Waals surface area (Å²) in [5, 5.41) is 3.31. The first-order chi connectivity index (χ1) is 9.86. The van der Waals surface area contributed by atoms with E-state index < -0.39 is 10.0 Å². The maximum atomic E-state index is 12.5. The van der Waals surface area contributed by atoms with Crippen LogP contribution in [0.4, 0.5) is 5.69 Å². The molecule has 0 aliphatic rings. The Kier molecular flexibility index (Phi) is 7.18. The van der Waals surface area contributed by atoms with Crippen LogP contribution < -0.4 is 9.62 Å². The highest BCUT2D eigenvalue weighted by Gasteiger charge is 2.20. The van der Waals surface area contributed by atoms with Gasteiger partial charge in [0.1, 0.15) is 0 Å². The average molecular weight is 312 g/mol. The van der Waals surface area contributed by atoms with Crippen LogP contribution in [-0.2, 0) is 10.0 Å². The molecule has 0 aliphatic carbocycles. The topological polar surface area (TPSA) is 49.4 Å². The summed E-state index contributed by atoms with van der Waals surface area (Å²) >= 11 is 0. The van der Waals surface area contributed by atoms with Gasteiger partial charge in [0.15, 0.2) is 0 Å². The molecule has 1 N–H and O–H groups in total. The molecule has 0 bridgehead atoms. The van der Waals surface area contributed by atoms with E-state index in [0.717, 1.165) is 24.2 Å². The van der Waals surface area contributed by atoms with Crippen molar-refractivity contribution in [1.29, 1.82) is 0 Å². The standard InChI is InChI=1S/C16H28N2O2S/c1-5-18(16-10-8-9-15(4)13-16)21(19,20)12-7-6-11-17-14(2)3/h8-10,13-14,17H,5-7,11-12H2,1-4H3. The molecule has 120 valence electrons. The van der Waals surface area contributed by atoms with Crippen LogP contribution in [0.5, 0.6) is 0 Å². The highest BCUT2D eigenvalue weighted by molar-refractivity contribution is 7.92. The van der Waals surface area contributed by atoms with E-state index in [4.69, 9.17) is 0 Å². The van der Waals surface area contributed by atoms with E-state index in [1.807, 2.05) is 38.1 Å². The second-order valence-electron chi connectivity index (χ2n) is 5.64. The van der Waals surface area contributed by atoms with Crippen LogP contribution in [0, 0.1) is 6.92 Å². The SMILES string of the molecule is CCN(c1cccc(C)c1)S(=O)(=O)CCCCNC(C)C. The van der Waals surface area contributed by atoms with Crippen molar-refractivity contribution in [2.24, 2.45) is 0 Å². The summed E-state index contributed by atoms with van der Waals surface area (Å²) in [6, 6.07) is 8.09. The molecule has 0 spiro atoms. The molecule has 0 saturated carbocycles. The molecule has 5 heteroatoms. The number of nitrogens with one attached hydrogen (secondary N) is 1. The molecule has 0 amide bonds.